The highest BCUT2D eigenvalue weighted by atomic mass is 31.1. The average Bonchev–Trinajstić information content (AvgIpc) is 2.39. The molecule has 0 fully saturated rings. The van der Waals surface area contributed by atoms with Crippen molar-refractivity contribution in [3.63, 3.8) is 0 Å². The predicted molar refractivity (Wildman–Crippen MR) is 76.1 cm³/mol. The van der Waals surface area contributed by atoms with E-state index < -0.39 is 0 Å². The minimum absolute atomic E-state index is 0.180. The van der Waals surface area contributed by atoms with Crippen LogP contribution in [0.2, 0.25) is 0 Å². The number of anilines is 2. The van der Waals surface area contributed by atoms with Crippen molar-refractivity contribution >= 4 is 25.0 Å². The Bertz CT molecular complexity index is 571. The first kappa shape index (κ1) is 11.4. The highest BCUT2D eigenvalue weighted by Gasteiger charge is 2.23. The van der Waals surface area contributed by atoms with Crippen molar-refractivity contribution in [1.82, 2.24) is 9.97 Å². The van der Waals surface area contributed by atoms with Gasteiger partial charge in [0.25, 0.3) is 0 Å². The van der Waals surface area contributed by atoms with Gasteiger partial charge in [0.15, 0.2) is 0 Å². The number of nitrogens with two attached hydrogens (primary N) is 2. The Labute approximate surface area is 107 Å². The van der Waals surface area contributed by atoms with Gasteiger partial charge in [0.2, 0.25) is 5.95 Å². The molecule has 0 saturated heterocycles. The highest BCUT2D eigenvalue weighted by molar-refractivity contribution is 7.64. The van der Waals surface area contributed by atoms with E-state index in [2.05, 4.69) is 40.3 Å². The number of aromatic nitrogens is 2. The van der Waals surface area contributed by atoms with E-state index >= 15 is 0 Å². The summed E-state index contributed by atoms with van der Waals surface area (Å²) in [4.78, 5) is 8.37. The van der Waals surface area contributed by atoms with Gasteiger partial charge in [-0.1, -0.05) is 38.3 Å². The minimum Gasteiger partial charge on any atom is -0.383 e. The van der Waals surface area contributed by atoms with Gasteiger partial charge in [0.05, 0.1) is 5.69 Å². The van der Waals surface area contributed by atoms with Gasteiger partial charge in [-0.05, 0) is 17.9 Å². The second kappa shape index (κ2) is 4.54. The SMILES string of the molecule is Nc1nc(N)c2c(n1)CCP(c1ccccc1)C2. The molecule has 1 atom stereocenters. The molecular formula is C13H15N4P. The van der Waals surface area contributed by atoms with Crippen LogP contribution in [0.25, 0.3) is 0 Å². The summed E-state index contributed by atoms with van der Waals surface area (Å²) in [5, 5.41) is 1.43. The van der Waals surface area contributed by atoms with Crippen molar-refractivity contribution in [3.8, 4) is 0 Å². The predicted octanol–water partition coefficient (Wildman–Crippen LogP) is 1.50. The van der Waals surface area contributed by atoms with Gasteiger partial charge in [-0.25, -0.2) is 4.98 Å². The Morgan fingerprint density at radius 1 is 1.06 bits per heavy atom. The summed E-state index contributed by atoms with van der Waals surface area (Å²) in [5.41, 5.74) is 13.7. The Morgan fingerprint density at radius 3 is 2.61 bits per heavy atom. The normalized spacial score (nSPS) is 18.3. The fourth-order valence-electron chi connectivity index (χ4n) is 2.32. The molecule has 0 saturated carbocycles. The van der Waals surface area contributed by atoms with Crippen LogP contribution in [0.3, 0.4) is 0 Å². The lowest BCUT2D eigenvalue weighted by atomic mass is 10.2. The van der Waals surface area contributed by atoms with E-state index in [0.29, 0.717) is 5.82 Å². The largest absolute Gasteiger partial charge is 0.383 e. The number of hydrogen-bond donors (Lipinski definition) is 2. The number of nitrogens with zero attached hydrogens (tertiary/aromatic N) is 2. The van der Waals surface area contributed by atoms with Crippen LogP contribution in [-0.4, -0.2) is 16.1 Å². The molecule has 1 aliphatic rings. The second-order valence-electron chi connectivity index (χ2n) is 4.40. The van der Waals surface area contributed by atoms with Gasteiger partial charge >= 0.3 is 0 Å². The number of rotatable bonds is 1. The summed E-state index contributed by atoms with van der Waals surface area (Å²) >= 11 is 0. The lowest BCUT2D eigenvalue weighted by molar-refractivity contribution is 0.960. The Kier molecular flexibility index (Phi) is 2.88. The van der Waals surface area contributed by atoms with Crippen LogP contribution in [0.1, 0.15) is 11.3 Å². The third-order valence-corrected chi connectivity index (χ3v) is 5.72. The lowest BCUT2D eigenvalue weighted by Crippen LogP contribution is -2.17. The molecule has 0 bridgehead atoms. The quantitative estimate of drug-likeness (QED) is 0.760. The summed E-state index contributed by atoms with van der Waals surface area (Å²) in [6.45, 7) is 0. The molecule has 1 aromatic carbocycles. The summed E-state index contributed by atoms with van der Waals surface area (Å²) in [6, 6.07) is 10.6. The van der Waals surface area contributed by atoms with Gasteiger partial charge in [-0.15, -0.1) is 0 Å². The van der Waals surface area contributed by atoms with E-state index in [-0.39, 0.29) is 13.9 Å². The highest BCUT2D eigenvalue weighted by Crippen LogP contribution is 2.44. The van der Waals surface area contributed by atoms with Crippen LogP contribution in [0.15, 0.2) is 30.3 Å². The van der Waals surface area contributed by atoms with Crippen LogP contribution in [0, 0.1) is 0 Å². The summed E-state index contributed by atoms with van der Waals surface area (Å²) in [6.07, 6.45) is 3.08. The molecule has 92 valence electrons. The molecule has 1 unspecified atom stereocenters. The zero-order valence-corrected chi connectivity index (χ0v) is 10.9. The van der Waals surface area contributed by atoms with Gasteiger partial charge < -0.3 is 11.5 Å². The maximum Gasteiger partial charge on any atom is 0.222 e. The van der Waals surface area contributed by atoms with E-state index in [1.54, 1.807) is 0 Å². The van der Waals surface area contributed by atoms with Gasteiger partial charge in [0.1, 0.15) is 5.82 Å². The van der Waals surface area contributed by atoms with Crippen LogP contribution < -0.4 is 16.8 Å². The van der Waals surface area contributed by atoms with E-state index in [1.807, 2.05) is 0 Å². The van der Waals surface area contributed by atoms with Crippen molar-refractivity contribution in [2.24, 2.45) is 0 Å². The molecule has 0 amide bonds. The fraction of sp³-hybridized carbons (Fsp3) is 0.231. The fourth-order valence-corrected chi connectivity index (χ4v) is 4.72. The van der Waals surface area contributed by atoms with Crippen LogP contribution in [0.5, 0.6) is 0 Å². The number of hydrogen-bond acceptors (Lipinski definition) is 4. The zero-order chi connectivity index (χ0) is 12.5. The van der Waals surface area contributed by atoms with Crippen molar-refractivity contribution in [2.45, 2.75) is 12.6 Å². The molecule has 4 nitrogen and oxygen atoms in total. The summed E-state index contributed by atoms with van der Waals surface area (Å²) < 4.78 is 0. The molecule has 3 rings (SSSR count). The molecule has 5 heteroatoms. The van der Waals surface area contributed by atoms with Crippen LogP contribution >= 0.6 is 7.92 Å². The zero-order valence-electron chi connectivity index (χ0n) is 10.0. The molecule has 0 aliphatic carbocycles. The number of nitrogen functional groups attached to an aromatic ring is 2. The maximum absolute atomic E-state index is 5.96. The van der Waals surface area contributed by atoms with Gasteiger partial charge in [-0.2, -0.15) is 4.98 Å². The van der Waals surface area contributed by atoms with Gasteiger partial charge in [0, 0.05) is 11.7 Å². The van der Waals surface area contributed by atoms with E-state index in [0.717, 1.165) is 30.0 Å². The molecule has 2 heterocycles. The maximum atomic E-state index is 5.96. The number of benzene rings is 1. The monoisotopic (exact) mass is 258 g/mol. The standard InChI is InChI=1S/C13H15N4P/c14-12-10-8-18(9-4-2-1-3-5-9)7-6-11(10)16-13(15)17-12/h1-5H,6-8H2,(H4,14,15,16,17). The molecule has 2 aromatic rings. The van der Waals surface area contributed by atoms with Crippen molar-refractivity contribution in [1.29, 1.82) is 0 Å². The number of fused-ring (bicyclic) bond motifs is 1. The summed E-state index contributed by atoms with van der Waals surface area (Å²) in [5.74, 6) is 0.845. The third-order valence-electron chi connectivity index (χ3n) is 3.23. The smallest absolute Gasteiger partial charge is 0.222 e. The first-order chi connectivity index (χ1) is 8.74. The molecule has 4 N–H and O–H groups in total. The Morgan fingerprint density at radius 2 is 1.83 bits per heavy atom. The van der Waals surface area contributed by atoms with Crippen LogP contribution in [0.4, 0.5) is 11.8 Å². The average molecular weight is 258 g/mol. The third kappa shape index (κ3) is 2.04. The molecule has 0 spiro atoms. The molecule has 1 aliphatic heterocycles. The van der Waals surface area contributed by atoms with Crippen molar-refractivity contribution in [2.75, 3.05) is 17.6 Å². The molecule has 18 heavy (non-hydrogen) atoms. The van der Waals surface area contributed by atoms with Crippen molar-refractivity contribution in [3.05, 3.63) is 41.6 Å². The van der Waals surface area contributed by atoms with E-state index in [1.165, 1.54) is 5.30 Å². The minimum atomic E-state index is -0.180. The number of aryl methyl sites for hydroxylation is 1. The Balaban J connectivity index is 1.94. The van der Waals surface area contributed by atoms with Gasteiger partial charge in [-0.3, -0.25) is 0 Å². The molecular weight excluding hydrogens is 243 g/mol. The van der Waals surface area contributed by atoms with Crippen molar-refractivity contribution < 1.29 is 0 Å². The second-order valence-corrected chi connectivity index (χ2v) is 6.76. The Hall–Kier alpha value is -1.67. The van der Waals surface area contributed by atoms with E-state index in [4.69, 9.17) is 11.5 Å². The molecule has 0 radical (unpaired) electrons. The molecule has 1 aromatic heterocycles. The first-order valence-corrected chi connectivity index (χ1v) is 7.66. The van der Waals surface area contributed by atoms with Crippen LogP contribution in [-0.2, 0) is 12.6 Å². The first-order valence-electron chi connectivity index (χ1n) is 5.95. The lowest BCUT2D eigenvalue weighted by Gasteiger charge is -2.25. The van der Waals surface area contributed by atoms with E-state index in [9.17, 15) is 0 Å². The summed E-state index contributed by atoms with van der Waals surface area (Å²) in [7, 11) is -0.180. The topological polar surface area (TPSA) is 77.8 Å².